The van der Waals surface area contributed by atoms with Gasteiger partial charge in [-0.2, -0.15) is 0 Å². The Morgan fingerprint density at radius 2 is 2.13 bits per heavy atom. The predicted octanol–water partition coefficient (Wildman–Crippen LogP) is 1.82. The van der Waals surface area contributed by atoms with Crippen LogP contribution in [-0.2, 0) is 11.2 Å². The lowest BCUT2D eigenvalue weighted by Gasteiger charge is -2.09. The molecule has 0 spiro atoms. The van der Waals surface area contributed by atoms with Crippen molar-refractivity contribution in [1.29, 1.82) is 0 Å². The van der Waals surface area contributed by atoms with Crippen molar-refractivity contribution in [2.75, 3.05) is 6.54 Å². The number of hydrogen-bond acceptors (Lipinski definition) is 2. The summed E-state index contributed by atoms with van der Waals surface area (Å²) < 4.78 is 5.23. The fourth-order valence-corrected chi connectivity index (χ4v) is 2.16. The molecule has 3 rings (SSSR count). The Morgan fingerprint density at radius 1 is 1.33 bits per heavy atom. The Labute approximate surface area is 88.6 Å². The van der Waals surface area contributed by atoms with Gasteiger partial charge in [0.1, 0.15) is 6.10 Å². The third-order valence-corrected chi connectivity index (χ3v) is 3.13. The van der Waals surface area contributed by atoms with Crippen molar-refractivity contribution in [1.82, 2.24) is 4.90 Å². The Kier molecular flexibility index (Phi) is 1.91. The van der Waals surface area contributed by atoms with Crippen molar-refractivity contribution >= 4 is 6.09 Å². The maximum Gasteiger partial charge on any atom is 0.410 e. The van der Waals surface area contributed by atoms with Crippen LogP contribution in [0.3, 0.4) is 0 Å². The Hall–Kier alpha value is -1.51. The summed E-state index contributed by atoms with van der Waals surface area (Å²) in [5.74, 6) is 0. The summed E-state index contributed by atoms with van der Waals surface area (Å²) in [6, 6.07) is 10.7. The van der Waals surface area contributed by atoms with E-state index in [9.17, 15) is 4.79 Å². The molecule has 1 amide bonds. The highest BCUT2D eigenvalue weighted by atomic mass is 16.6. The van der Waals surface area contributed by atoms with E-state index >= 15 is 0 Å². The second-order valence-electron chi connectivity index (χ2n) is 4.17. The van der Waals surface area contributed by atoms with Crippen LogP contribution >= 0.6 is 0 Å². The van der Waals surface area contributed by atoms with E-state index in [2.05, 4.69) is 12.1 Å². The molecule has 15 heavy (non-hydrogen) atoms. The van der Waals surface area contributed by atoms with Gasteiger partial charge in [-0.15, -0.1) is 0 Å². The molecule has 0 bridgehead atoms. The molecule has 2 aliphatic rings. The molecule has 0 unspecified atom stereocenters. The topological polar surface area (TPSA) is 29.3 Å². The molecular formula is C12H13NO2. The number of nitrogens with zero attached hydrogens (tertiary/aromatic N) is 1. The normalized spacial score (nSPS) is 27.5. The van der Waals surface area contributed by atoms with Gasteiger partial charge >= 0.3 is 6.09 Å². The average Bonchev–Trinajstić information content (AvgIpc) is 3.00. The first-order valence-electron chi connectivity index (χ1n) is 5.36. The number of rotatable bonds is 3. The van der Waals surface area contributed by atoms with Gasteiger partial charge in [0.15, 0.2) is 0 Å². The minimum absolute atomic E-state index is 0.123. The van der Waals surface area contributed by atoms with Crippen molar-refractivity contribution in [3.63, 3.8) is 0 Å². The molecule has 2 atom stereocenters. The van der Waals surface area contributed by atoms with Crippen LogP contribution < -0.4 is 0 Å². The molecule has 2 fully saturated rings. The van der Waals surface area contributed by atoms with E-state index < -0.39 is 0 Å². The van der Waals surface area contributed by atoms with Crippen LogP contribution in [-0.4, -0.2) is 29.7 Å². The first kappa shape index (κ1) is 8.77. The van der Waals surface area contributed by atoms with Crippen LogP contribution in [0, 0.1) is 0 Å². The number of ether oxygens (including phenoxy) is 1. The van der Waals surface area contributed by atoms with E-state index in [1.807, 2.05) is 18.2 Å². The van der Waals surface area contributed by atoms with Gasteiger partial charge in [-0.05, 0) is 18.4 Å². The molecule has 1 aromatic rings. The third kappa shape index (κ3) is 1.58. The van der Waals surface area contributed by atoms with Gasteiger partial charge in [0.25, 0.3) is 0 Å². The summed E-state index contributed by atoms with van der Waals surface area (Å²) in [6.45, 7) is 0.901. The van der Waals surface area contributed by atoms with Crippen molar-refractivity contribution < 1.29 is 9.53 Å². The maximum absolute atomic E-state index is 11.1. The van der Waals surface area contributed by atoms with Gasteiger partial charge in [-0.1, -0.05) is 30.3 Å². The largest absolute Gasteiger partial charge is 0.444 e. The van der Waals surface area contributed by atoms with Crippen molar-refractivity contribution in [3.8, 4) is 0 Å². The summed E-state index contributed by atoms with van der Waals surface area (Å²) in [7, 11) is 0. The van der Waals surface area contributed by atoms with Crippen LogP contribution in [0.15, 0.2) is 30.3 Å². The number of hydrogen-bond donors (Lipinski definition) is 0. The lowest BCUT2D eigenvalue weighted by Crippen LogP contribution is -2.17. The SMILES string of the molecule is O=C1O[C@H](CCc2ccccc2)[C@@H]2CN12. The highest BCUT2D eigenvalue weighted by Crippen LogP contribution is 2.33. The van der Waals surface area contributed by atoms with Crippen LogP contribution in [0.1, 0.15) is 12.0 Å². The zero-order chi connectivity index (χ0) is 10.3. The summed E-state index contributed by atoms with van der Waals surface area (Å²) in [6.07, 6.45) is 1.93. The first-order valence-corrected chi connectivity index (χ1v) is 5.36. The fourth-order valence-electron chi connectivity index (χ4n) is 2.16. The van der Waals surface area contributed by atoms with E-state index in [0.29, 0.717) is 6.04 Å². The van der Waals surface area contributed by atoms with Crippen molar-refractivity contribution in [2.45, 2.75) is 25.0 Å². The zero-order valence-corrected chi connectivity index (χ0v) is 8.43. The summed E-state index contributed by atoms with van der Waals surface area (Å²) in [4.78, 5) is 12.9. The molecule has 3 nitrogen and oxygen atoms in total. The van der Waals surface area contributed by atoms with Crippen molar-refractivity contribution in [3.05, 3.63) is 35.9 Å². The predicted molar refractivity (Wildman–Crippen MR) is 55.5 cm³/mol. The second kappa shape index (κ2) is 3.26. The van der Waals surface area contributed by atoms with E-state index in [0.717, 1.165) is 19.4 Å². The van der Waals surface area contributed by atoms with Gasteiger partial charge in [0, 0.05) is 6.54 Å². The first-order chi connectivity index (χ1) is 7.34. The van der Waals surface area contributed by atoms with E-state index in [1.54, 1.807) is 4.90 Å². The standard InChI is InChI=1S/C12H13NO2/c14-12-13-8-10(13)11(15-12)7-6-9-4-2-1-3-5-9/h1-5,10-11H,6-8H2/t10-,11+,13?/m0/s1. The van der Waals surface area contributed by atoms with Gasteiger partial charge in [0.2, 0.25) is 0 Å². The minimum Gasteiger partial charge on any atom is -0.444 e. The molecular weight excluding hydrogens is 190 g/mol. The zero-order valence-electron chi connectivity index (χ0n) is 8.43. The van der Waals surface area contributed by atoms with Gasteiger partial charge in [-0.3, -0.25) is 4.90 Å². The van der Waals surface area contributed by atoms with Crippen molar-refractivity contribution in [2.24, 2.45) is 0 Å². The second-order valence-corrected chi connectivity index (χ2v) is 4.17. The van der Waals surface area contributed by atoms with Crippen LogP contribution in [0.25, 0.3) is 0 Å². The molecule has 3 heteroatoms. The number of aryl methyl sites for hydroxylation is 1. The molecule has 1 aromatic carbocycles. The molecule has 78 valence electrons. The lowest BCUT2D eigenvalue weighted by atomic mass is 10.1. The lowest BCUT2D eigenvalue weighted by molar-refractivity contribution is 0.118. The highest BCUT2D eigenvalue weighted by Gasteiger charge is 2.53. The van der Waals surface area contributed by atoms with Gasteiger partial charge < -0.3 is 4.74 Å². The fraction of sp³-hybridized carbons (Fsp3) is 0.417. The summed E-state index contributed by atoms with van der Waals surface area (Å²) in [5.41, 5.74) is 1.31. The molecule has 2 aliphatic heterocycles. The van der Waals surface area contributed by atoms with E-state index in [-0.39, 0.29) is 12.2 Å². The number of carbonyl (C=O) groups is 1. The van der Waals surface area contributed by atoms with Crippen LogP contribution in [0.2, 0.25) is 0 Å². The van der Waals surface area contributed by atoms with Crippen LogP contribution in [0.5, 0.6) is 0 Å². The summed E-state index contributed by atoms with van der Waals surface area (Å²) >= 11 is 0. The molecule has 0 aliphatic carbocycles. The minimum atomic E-state index is -0.127. The smallest absolute Gasteiger partial charge is 0.410 e. The molecule has 2 saturated heterocycles. The quantitative estimate of drug-likeness (QED) is 0.701. The van der Waals surface area contributed by atoms with E-state index in [4.69, 9.17) is 4.74 Å². The number of carbonyl (C=O) groups excluding carboxylic acids is 1. The Morgan fingerprint density at radius 3 is 2.73 bits per heavy atom. The van der Waals surface area contributed by atoms with E-state index in [1.165, 1.54) is 5.56 Å². The Balaban J connectivity index is 1.57. The monoisotopic (exact) mass is 203 g/mol. The molecule has 0 radical (unpaired) electrons. The third-order valence-electron chi connectivity index (χ3n) is 3.13. The Bertz CT molecular complexity index is 376. The highest BCUT2D eigenvalue weighted by molar-refractivity contribution is 5.74. The van der Waals surface area contributed by atoms with Gasteiger partial charge in [0.05, 0.1) is 6.04 Å². The average molecular weight is 203 g/mol. The number of amides is 1. The molecule has 0 saturated carbocycles. The maximum atomic E-state index is 11.1. The molecule has 0 aromatic heterocycles. The number of fused-ring (bicyclic) bond motifs is 1. The molecule has 2 heterocycles. The summed E-state index contributed by atoms with van der Waals surface area (Å²) in [5, 5.41) is 0. The molecule has 0 N–H and O–H groups in total. The van der Waals surface area contributed by atoms with Crippen LogP contribution in [0.4, 0.5) is 4.79 Å². The number of cyclic esters (lactones) is 1. The van der Waals surface area contributed by atoms with Gasteiger partial charge in [-0.25, -0.2) is 4.79 Å². The number of benzene rings is 1.